The molecule has 0 aromatic carbocycles. The van der Waals surface area contributed by atoms with Crippen LogP contribution in [0.4, 0.5) is 5.00 Å². The van der Waals surface area contributed by atoms with Crippen LogP contribution >= 0.6 is 11.3 Å². The molecule has 0 atom stereocenters. The molecule has 0 aliphatic heterocycles. The number of anilines is 1. The maximum absolute atomic E-state index is 12.3. The van der Waals surface area contributed by atoms with Crippen molar-refractivity contribution in [3.05, 3.63) is 34.0 Å². The summed E-state index contributed by atoms with van der Waals surface area (Å²) in [4.78, 5) is 25.1. The highest BCUT2D eigenvalue weighted by molar-refractivity contribution is 7.16. The Kier molecular flexibility index (Phi) is 4.42. The van der Waals surface area contributed by atoms with Gasteiger partial charge in [-0.3, -0.25) is 9.48 Å². The number of thiophene rings is 1. The molecule has 0 bridgehead atoms. The minimum absolute atomic E-state index is 0.294. The molecule has 1 N–H and O–H groups in total. The molecular weight excluding hydrogens is 290 g/mol. The number of amides is 1. The van der Waals surface area contributed by atoms with Crippen LogP contribution in [0.3, 0.4) is 0 Å². The number of rotatable bonds is 4. The van der Waals surface area contributed by atoms with Gasteiger partial charge in [-0.15, -0.1) is 11.3 Å². The molecule has 2 heterocycles. The Balaban J connectivity index is 2.25. The molecule has 0 fully saturated rings. The first-order chi connectivity index (χ1) is 9.92. The van der Waals surface area contributed by atoms with Crippen LogP contribution in [0, 0.1) is 13.8 Å². The first kappa shape index (κ1) is 15.2. The van der Waals surface area contributed by atoms with Crippen molar-refractivity contribution < 1.29 is 14.3 Å². The maximum Gasteiger partial charge on any atom is 0.341 e. The highest BCUT2D eigenvalue weighted by Gasteiger charge is 2.20. The number of carbonyl (C=O) groups excluding carboxylic acids is 2. The fourth-order valence-electron chi connectivity index (χ4n) is 1.96. The van der Waals surface area contributed by atoms with Gasteiger partial charge in [-0.1, -0.05) is 0 Å². The quantitative estimate of drug-likeness (QED) is 0.881. The molecule has 0 aliphatic rings. The van der Waals surface area contributed by atoms with Gasteiger partial charge in [0.15, 0.2) is 0 Å². The van der Waals surface area contributed by atoms with Gasteiger partial charge >= 0.3 is 5.97 Å². The van der Waals surface area contributed by atoms with Crippen LogP contribution in [-0.4, -0.2) is 28.3 Å². The van der Waals surface area contributed by atoms with Gasteiger partial charge in [0.05, 0.1) is 17.9 Å². The Bertz CT molecular complexity index is 688. The smallest absolute Gasteiger partial charge is 0.341 e. The van der Waals surface area contributed by atoms with Crippen LogP contribution in [0.15, 0.2) is 12.1 Å². The third-order valence-corrected chi connectivity index (χ3v) is 3.78. The maximum atomic E-state index is 12.3. The average Bonchev–Trinajstić information content (AvgIpc) is 2.92. The van der Waals surface area contributed by atoms with E-state index in [-0.39, 0.29) is 5.91 Å². The molecule has 21 heavy (non-hydrogen) atoms. The lowest BCUT2D eigenvalue weighted by atomic mass is 10.3. The van der Waals surface area contributed by atoms with E-state index in [1.165, 1.54) is 16.0 Å². The summed E-state index contributed by atoms with van der Waals surface area (Å²) in [6.45, 7) is 5.73. The SMILES string of the molecule is CCOC(=O)c1cc(C)sc1NC(=O)c1cc(C)nn1C. The van der Waals surface area contributed by atoms with Crippen LogP contribution in [-0.2, 0) is 11.8 Å². The molecule has 2 aromatic heterocycles. The normalized spacial score (nSPS) is 10.5. The molecule has 0 aliphatic carbocycles. The molecule has 7 heteroatoms. The van der Waals surface area contributed by atoms with Gasteiger partial charge in [0, 0.05) is 11.9 Å². The molecule has 0 spiro atoms. The van der Waals surface area contributed by atoms with Crippen molar-refractivity contribution >= 4 is 28.2 Å². The molecule has 2 rings (SSSR count). The summed E-state index contributed by atoms with van der Waals surface area (Å²) in [5.41, 5.74) is 1.58. The van der Waals surface area contributed by atoms with E-state index in [4.69, 9.17) is 4.74 Å². The number of carbonyl (C=O) groups is 2. The fourth-order valence-corrected chi connectivity index (χ4v) is 2.85. The Hall–Kier alpha value is -2.15. The van der Waals surface area contributed by atoms with Crippen molar-refractivity contribution in [3.63, 3.8) is 0 Å². The Morgan fingerprint density at radius 3 is 2.67 bits per heavy atom. The number of nitrogens with zero attached hydrogens (tertiary/aromatic N) is 2. The summed E-state index contributed by atoms with van der Waals surface area (Å²) in [6.07, 6.45) is 0. The van der Waals surface area contributed by atoms with Gasteiger partial charge in [0.1, 0.15) is 10.7 Å². The second-order valence-electron chi connectivity index (χ2n) is 4.57. The minimum atomic E-state index is -0.432. The van der Waals surface area contributed by atoms with Gasteiger partial charge in [0.25, 0.3) is 5.91 Å². The lowest BCUT2D eigenvalue weighted by molar-refractivity contribution is 0.0528. The van der Waals surface area contributed by atoms with Crippen molar-refractivity contribution in [2.24, 2.45) is 7.05 Å². The Morgan fingerprint density at radius 1 is 1.38 bits per heavy atom. The number of hydrogen-bond acceptors (Lipinski definition) is 5. The number of aromatic nitrogens is 2. The summed E-state index contributed by atoms with van der Waals surface area (Å²) < 4.78 is 6.51. The van der Waals surface area contributed by atoms with Gasteiger partial charge in [-0.05, 0) is 32.9 Å². The predicted molar refractivity (Wildman–Crippen MR) is 80.9 cm³/mol. The molecule has 1 amide bonds. The fraction of sp³-hybridized carbons (Fsp3) is 0.357. The van der Waals surface area contributed by atoms with Crippen LogP contribution in [0.5, 0.6) is 0 Å². The van der Waals surface area contributed by atoms with E-state index in [9.17, 15) is 9.59 Å². The molecule has 0 unspecified atom stereocenters. The zero-order valence-corrected chi connectivity index (χ0v) is 13.2. The van der Waals surface area contributed by atoms with Crippen LogP contribution < -0.4 is 5.32 Å². The zero-order chi connectivity index (χ0) is 15.6. The van der Waals surface area contributed by atoms with Gasteiger partial charge in [0.2, 0.25) is 0 Å². The van der Waals surface area contributed by atoms with E-state index in [0.717, 1.165) is 10.6 Å². The number of esters is 1. The Morgan fingerprint density at radius 2 is 2.10 bits per heavy atom. The standard InChI is InChI=1S/C14H17N3O3S/c1-5-20-14(19)10-7-9(3)21-13(10)15-12(18)11-6-8(2)16-17(11)4/h6-7H,5H2,1-4H3,(H,15,18). The molecule has 112 valence electrons. The van der Waals surface area contributed by atoms with Crippen molar-refractivity contribution in [2.45, 2.75) is 20.8 Å². The summed E-state index contributed by atoms with van der Waals surface area (Å²) >= 11 is 1.34. The molecule has 6 nitrogen and oxygen atoms in total. The lowest BCUT2D eigenvalue weighted by Crippen LogP contribution is -2.17. The first-order valence-electron chi connectivity index (χ1n) is 6.52. The average molecular weight is 307 g/mol. The monoisotopic (exact) mass is 307 g/mol. The number of aryl methyl sites for hydroxylation is 3. The third kappa shape index (κ3) is 3.30. The lowest BCUT2D eigenvalue weighted by Gasteiger charge is -2.06. The van der Waals surface area contributed by atoms with Gasteiger partial charge in [-0.2, -0.15) is 5.10 Å². The van der Waals surface area contributed by atoms with Crippen LogP contribution in [0.1, 0.15) is 38.3 Å². The van der Waals surface area contributed by atoms with E-state index in [0.29, 0.717) is 22.9 Å². The minimum Gasteiger partial charge on any atom is -0.462 e. The number of nitrogens with one attached hydrogen (secondary N) is 1. The van der Waals surface area contributed by atoms with Crippen LogP contribution in [0.2, 0.25) is 0 Å². The molecule has 2 aromatic rings. The second-order valence-corrected chi connectivity index (χ2v) is 5.83. The van der Waals surface area contributed by atoms with Crippen molar-refractivity contribution in [1.29, 1.82) is 0 Å². The van der Waals surface area contributed by atoms with E-state index < -0.39 is 5.97 Å². The van der Waals surface area contributed by atoms with E-state index in [1.807, 2.05) is 13.8 Å². The summed E-state index contributed by atoms with van der Waals surface area (Å²) in [5.74, 6) is -0.733. The predicted octanol–water partition coefficient (Wildman–Crippen LogP) is 2.53. The number of hydrogen-bond donors (Lipinski definition) is 1. The van der Waals surface area contributed by atoms with E-state index >= 15 is 0 Å². The van der Waals surface area contributed by atoms with E-state index in [2.05, 4.69) is 10.4 Å². The van der Waals surface area contributed by atoms with E-state index in [1.54, 1.807) is 26.1 Å². The largest absolute Gasteiger partial charge is 0.462 e. The van der Waals surface area contributed by atoms with Crippen molar-refractivity contribution in [1.82, 2.24) is 9.78 Å². The molecule has 0 saturated carbocycles. The summed E-state index contributed by atoms with van der Waals surface area (Å²) in [6, 6.07) is 3.41. The van der Waals surface area contributed by atoms with Crippen LogP contribution in [0.25, 0.3) is 0 Å². The molecular formula is C14H17N3O3S. The van der Waals surface area contributed by atoms with Crippen molar-refractivity contribution in [3.8, 4) is 0 Å². The Labute approximate surface area is 126 Å². The van der Waals surface area contributed by atoms with Gasteiger partial charge < -0.3 is 10.1 Å². The molecule has 0 saturated heterocycles. The summed E-state index contributed by atoms with van der Waals surface area (Å²) in [7, 11) is 1.70. The third-order valence-electron chi connectivity index (χ3n) is 2.81. The first-order valence-corrected chi connectivity index (χ1v) is 7.33. The molecule has 0 radical (unpaired) electrons. The second kappa shape index (κ2) is 6.09. The summed E-state index contributed by atoms with van der Waals surface area (Å²) in [5, 5.41) is 7.39. The van der Waals surface area contributed by atoms with Crippen molar-refractivity contribution in [2.75, 3.05) is 11.9 Å². The topological polar surface area (TPSA) is 73.2 Å². The highest BCUT2D eigenvalue weighted by Crippen LogP contribution is 2.28. The number of ether oxygens (including phenoxy) is 1. The van der Waals surface area contributed by atoms with Gasteiger partial charge in [-0.25, -0.2) is 4.79 Å². The zero-order valence-electron chi connectivity index (χ0n) is 12.4. The highest BCUT2D eigenvalue weighted by atomic mass is 32.1.